The number of aliphatic carboxylic acids is 1. The Balaban J connectivity index is 3.01. The molecular weight excluding hydrogens is 430 g/mol. The summed E-state index contributed by atoms with van der Waals surface area (Å²) in [5, 5.41) is 25.8. The molecular formula is C22H35N5O6. The molecule has 0 aromatic heterocycles. The van der Waals surface area contributed by atoms with Crippen LogP contribution < -0.4 is 27.4 Å². The summed E-state index contributed by atoms with van der Waals surface area (Å²) >= 11 is 0. The number of rotatable bonds is 14. The minimum Gasteiger partial charge on any atom is -0.508 e. The monoisotopic (exact) mass is 465 g/mol. The number of carbonyl (C=O) groups is 4. The highest BCUT2D eigenvalue weighted by atomic mass is 16.4. The molecule has 11 nitrogen and oxygen atoms in total. The first-order chi connectivity index (χ1) is 15.5. The minimum absolute atomic E-state index is 0.0406. The molecule has 1 rings (SSSR count). The van der Waals surface area contributed by atoms with Gasteiger partial charge in [0.25, 0.3) is 0 Å². The number of carboxylic acid groups (broad SMARTS) is 1. The first-order valence-electron chi connectivity index (χ1n) is 10.9. The third-order valence-corrected chi connectivity index (χ3v) is 5.02. The number of phenolic OH excluding ortho intramolecular Hbond substituents is 1. The largest absolute Gasteiger partial charge is 0.508 e. The molecule has 0 saturated carbocycles. The Morgan fingerprint density at radius 2 is 1.55 bits per heavy atom. The lowest BCUT2D eigenvalue weighted by Crippen LogP contribution is -2.57. The summed E-state index contributed by atoms with van der Waals surface area (Å²) in [5.41, 5.74) is 12.1. The molecule has 0 fully saturated rings. The molecule has 0 heterocycles. The molecule has 3 atom stereocenters. The molecule has 184 valence electrons. The van der Waals surface area contributed by atoms with Gasteiger partial charge in [-0.05, 0) is 49.4 Å². The highest BCUT2D eigenvalue weighted by Gasteiger charge is 2.29. The molecule has 0 aliphatic carbocycles. The summed E-state index contributed by atoms with van der Waals surface area (Å²) in [4.78, 5) is 48.9. The molecule has 0 spiro atoms. The van der Waals surface area contributed by atoms with Gasteiger partial charge >= 0.3 is 5.97 Å². The van der Waals surface area contributed by atoms with E-state index in [1.54, 1.807) is 26.0 Å². The molecule has 33 heavy (non-hydrogen) atoms. The number of hydrogen-bond donors (Lipinski definition) is 7. The van der Waals surface area contributed by atoms with Gasteiger partial charge in [0.2, 0.25) is 17.7 Å². The average molecular weight is 466 g/mol. The highest BCUT2D eigenvalue weighted by Crippen LogP contribution is 2.12. The molecule has 3 amide bonds. The number of amides is 3. The van der Waals surface area contributed by atoms with Gasteiger partial charge in [-0.25, -0.2) is 0 Å². The summed E-state index contributed by atoms with van der Waals surface area (Å²) in [7, 11) is 0. The molecule has 0 aliphatic rings. The van der Waals surface area contributed by atoms with Crippen LogP contribution in [0.15, 0.2) is 24.3 Å². The lowest BCUT2D eigenvalue weighted by molar-refractivity contribution is -0.138. The Morgan fingerprint density at radius 1 is 0.939 bits per heavy atom. The second-order valence-electron chi connectivity index (χ2n) is 8.16. The Morgan fingerprint density at radius 3 is 2.09 bits per heavy atom. The lowest BCUT2D eigenvalue weighted by Gasteiger charge is -2.25. The molecule has 0 aliphatic heterocycles. The topological polar surface area (TPSA) is 197 Å². The fourth-order valence-corrected chi connectivity index (χ4v) is 2.97. The van der Waals surface area contributed by atoms with Crippen molar-refractivity contribution in [2.75, 3.05) is 13.1 Å². The summed E-state index contributed by atoms with van der Waals surface area (Å²) < 4.78 is 0. The van der Waals surface area contributed by atoms with Crippen molar-refractivity contribution in [2.24, 2.45) is 17.4 Å². The fraction of sp³-hybridized carbons (Fsp3) is 0.545. The van der Waals surface area contributed by atoms with E-state index in [9.17, 15) is 24.3 Å². The zero-order valence-electron chi connectivity index (χ0n) is 19.0. The van der Waals surface area contributed by atoms with Gasteiger partial charge in [0, 0.05) is 6.42 Å². The average Bonchev–Trinajstić information content (AvgIpc) is 2.76. The molecule has 11 heteroatoms. The van der Waals surface area contributed by atoms with Crippen molar-refractivity contribution < 1.29 is 29.4 Å². The maximum absolute atomic E-state index is 13.0. The SMILES string of the molecule is CC(C)C(N)C(=O)NC(CCCCN)C(=O)NC(Cc1ccc(O)cc1)C(=O)NCC(=O)O. The van der Waals surface area contributed by atoms with E-state index < -0.39 is 48.4 Å². The summed E-state index contributed by atoms with van der Waals surface area (Å²) in [5.74, 6) is -3.09. The molecule has 3 unspecified atom stereocenters. The smallest absolute Gasteiger partial charge is 0.322 e. The zero-order valence-corrected chi connectivity index (χ0v) is 19.0. The first-order valence-corrected chi connectivity index (χ1v) is 10.9. The van der Waals surface area contributed by atoms with Crippen molar-refractivity contribution >= 4 is 23.7 Å². The number of phenols is 1. The number of carboxylic acids is 1. The van der Waals surface area contributed by atoms with Crippen molar-refractivity contribution in [3.63, 3.8) is 0 Å². The Labute approximate surface area is 193 Å². The van der Waals surface area contributed by atoms with Crippen LogP contribution in [0.5, 0.6) is 5.75 Å². The standard InChI is InChI=1S/C22H35N5O6/c1-13(2)19(24)22(33)26-16(5-3-4-10-23)21(32)27-17(20(31)25-12-18(29)30)11-14-6-8-15(28)9-7-14/h6-9,13,16-17,19,28H,3-5,10-12,23-24H2,1-2H3,(H,25,31)(H,26,33)(H,27,32)(H,29,30). The number of nitrogens with one attached hydrogen (secondary N) is 3. The number of carbonyl (C=O) groups excluding carboxylic acids is 3. The third kappa shape index (κ3) is 10.3. The third-order valence-electron chi connectivity index (χ3n) is 5.02. The van der Waals surface area contributed by atoms with Crippen LogP contribution in [0.3, 0.4) is 0 Å². The van der Waals surface area contributed by atoms with Crippen molar-refractivity contribution in [2.45, 2.75) is 57.7 Å². The number of hydrogen-bond acceptors (Lipinski definition) is 7. The minimum atomic E-state index is -1.23. The van der Waals surface area contributed by atoms with Crippen molar-refractivity contribution in [1.29, 1.82) is 0 Å². The van der Waals surface area contributed by atoms with Gasteiger partial charge in [0.1, 0.15) is 24.4 Å². The maximum atomic E-state index is 13.0. The predicted molar refractivity (Wildman–Crippen MR) is 122 cm³/mol. The second-order valence-corrected chi connectivity index (χ2v) is 8.16. The Kier molecular flexibility index (Phi) is 11.9. The Bertz CT molecular complexity index is 799. The molecule has 0 saturated heterocycles. The number of aromatic hydroxyl groups is 1. The van der Waals surface area contributed by atoms with Gasteiger partial charge in [-0.3, -0.25) is 19.2 Å². The van der Waals surface area contributed by atoms with Gasteiger partial charge in [0.15, 0.2) is 0 Å². The first kappa shape index (κ1) is 27.9. The van der Waals surface area contributed by atoms with Crippen LogP contribution in [0.25, 0.3) is 0 Å². The van der Waals surface area contributed by atoms with E-state index in [0.29, 0.717) is 31.4 Å². The van der Waals surface area contributed by atoms with Gasteiger partial charge in [0.05, 0.1) is 6.04 Å². The van der Waals surface area contributed by atoms with Crippen LogP contribution in [0.1, 0.15) is 38.7 Å². The van der Waals surface area contributed by atoms with Gasteiger partial charge in [-0.1, -0.05) is 26.0 Å². The number of benzene rings is 1. The van der Waals surface area contributed by atoms with E-state index in [0.717, 1.165) is 0 Å². The van der Waals surface area contributed by atoms with Crippen molar-refractivity contribution in [1.82, 2.24) is 16.0 Å². The Hall–Kier alpha value is -3.18. The van der Waals surface area contributed by atoms with Crippen LogP contribution >= 0.6 is 0 Å². The molecule has 0 radical (unpaired) electrons. The number of unbranched alkanes of at least 4 members (excludes halogenated alkanes) is 1. The van der Waals surface area contributed by atoms with Crippen molar-refractivity contribution in [3.05, 3.63) is 29.8 Å². The molecule has 1 aromatic carbocycles. The summed E-state index contributed by atoms with van der Waals surface area (Å²) in [6.45, 7) is 3.39. The van der Waals surface area contributed by atoms with E-state index in [1.165, 1.54) is 12.1 Å². The maximum Gasteiger partial charge on any atom is 0.322 e. The predicted octanol–water partition coefficient (Wildman–Crippen LogP) is -0.783. The summed E-state index contributed by atoms with van der Waals surface area (Å²) in [6.07, 6.45) is 1.56. The lowest BCUT2D eigenvalue weighted by atomic mass is 10.0. The molecule has 0 bridgehead atoms. The summed E-state index contributed by atoms with van der Waals surface area (Å²) in [6, 6.07) is 3.19. The fourth-order valence-electron chi connectivity index (χ4n) is 2.97. The van der Waals surface area contributed by atoms with Crippen LogP contribution in [0.4, 0.5) is 0 Å². The van der Waals surface area contributed by atoms with Gasteiger partial charge < -0.3 is 37.6 Å². The van der Waals surface area contributed by atoms with E-state index in [4.69, 9.17) is 16.6 Å². The van der Waals surface area contributed by atoms with E-state index >= 15 is 0 Å². The van der Waals surface area contributed by atoms with Crippen LogP contribution in [0, 0.1) is 5.92 Å². The van der Waals surface area contributed by atoms with Gasteiger partial charge in [-0.15, -0.1) is 0 Å². The van der Waals surface area contributed by atoms with E-state index in [-0.39, 0.29) is 18.1 Å². The normalized spacial score (nSPS) is 13.6. The second kappa shape index (κ2) is 14.1. The zero-order chi connectivity index (χ0) is 25.0. The van der Waals surface area contributed by atoms with Gasteiger partial charge in [-0.2, -0.15) is 0 Å². The van der Waals surface area contributed by atoms with Crippen LogP contribution in [0.2, 0.25) is 0 Å². The van der Waals surface area contributed by atoms with E-state index in [2.05, 4.69) is 16.0 Å². The number of nitrogens with two attached hydrogens (primary N) is 2. The van der Waals surface area contributed by atoms with E-state index in [1.807, 2.05) is 0 Å². The molecule has 9 N–H and O–H groups in total. The van der Waals surface area contributed by atoms with Crippen LogP contribution in [-0.4, -0.2) is 65.1 Å². The quantitative estimate of drug-likeness (QED) is 0.174. The molecule has 1 aromatic rings. The van der Waals surface area contributed by atoms with Crippen LogP contribution in [-0.2, 0) is 25.6 Å². The highest BCUT2D eigenvalue weighted by molar-refractivity contribution is 5.93. The van der Waals surface area contributed by atoms with Crippen molar-refractivity contribution in [3.8, 4) is 5.75 Å².